The second-order valence-electron chi connectivity index (χ2n) is 6.05. The van der Waals surface area contributed by atoms with E-state index in [1.165, 1.54) is 16.0 Å². The van der Waals surface area contributed by atoms with Crippen molar-refractivity contribution in [2.75, 3.05) is 11.1 Å². The smallest absolute Gasteiger partial charge is 0.226 e. The Bertz CT molecular complexity index is 937. The molecule has 0 unspecified atom stereocenters. The number of aromatic nitrogens is 1. The molecule has 0 saturated heterocycles. The van der Waals surface area contributed by atoms with Crippen LogP contribution >= 0.6 is 34.7 Å². The van der Waals surface area contributed by atoms with Gasteiger partial charge in [-0.1, -0.05) is 35.9 Å². The van der Waals surface area contributed by atoms with Crippen molar-refractivity contribution in [2.24, 2.45) is 0 Å². The third-order valence-corrected chi connectivity index (χ3v) is 6.55. The number of hydrogen-bond donors (Lipinski definition) is 1. The van der Waals surface area contributed by atoms with Crippen LogP contribution in [-0.2, 0) is 17.6 Å². The summed E-state index contributed by atoms with van der Waals surface area (Å²) >= 11 is 9.13. The first-order valence-corrected chi connectivity index (χ1v) is 10.6. The molecule has 132 valence electrons. The molecule has 0 atom stereocenters. The number of nitrogens with one attached hydrogen (secondary N) is 1. The monoisotopic (exact) mass is 400 g/mol. The van der Waals surface area contributed by atoms with Crippen molar-refractivity contribution in [3.63, 3.8) is 0 Å². The molecule has 6 heteroatoms. The van der Waals surface area contributed by atoms with Crippen LogP contribution in [0.1, 0.15) is 16.9 Å². The zero-order valence-corrected chi connectivity index (χ0v) is 16.4. The van der Waals surface area contributed by atoms with Crippen LogP contribution in [0.3, 0.4) is 0 Å². The Kier molecular flexibility index (Phi) is 5.29. The number of carbonyl (C=O) groups excluding carboxylic acids is 1. The van der Waals surface area contributed by atoms with E-state index >= 15 is 0 Å². The number of aryl methyl sites for hydroxylation is 2. The Labute approximate surface area is 165 Å². The van der Waals surface area contributed by atoms with Crippen molar-refractivity contribution >= 4 is 45.7 Å². The summed E-state index contributed by atoms with van der Waals surface area (Å²) in [5.74, 6) is 0.729. The molecule has 1 N–H and O–H groups in total. The van der Waals surface area contributed by atoms with Gasteiger partial charge in [-0.15, -0.1) is 23.1 Å². The van der Waals surface area contributed by atoms with Crippen LogP contribution in [-0.4, -0.2) is 16.6 Å². The van der Waals surface area contributed by atoms with Crippen LogP contribution in [0.15, 0.2) is 53.4 Å². The van der Waals surface area contributed by atoms with E-state index in [1.54, 1.807) is 23.1 Å². The molecule has 3 nitrogen and oxygen atoms in total. The van der Waals surface area contributed by atoms with E-state index in [1.807, 2.05) is 30.3 Å². The molecular formula is C20H17ClN2OS2. The molecule has 3 aromatic rings. The Morgan fingerprint density at radius 2 is 1.96 bits per heavy atom. The Hall–Kier alpha value is -1.82. The Morgan fingerprint density at radius 3 is 2.81 bits per heavy atom. The van der Waals surface area contributed by atoms with Crippen molar-refractivity contribution < 1.29 is 4.79 Å². The van der Waals surface area contributed by atoms with E-state index in [0.717, 1.165) is 34.2 Å². The maximum Gasteiger partial charge on any atom is 0.226 e. The molecule has 0 saturated carbocycles. The van der Waals surface area contributed by atoms with Gasteiger partial charge in [0.05, 0.1) is 5.69 Å². The molecule has 0 spiro atoms. The summed E-state index contributed by atoms with van der Waals surface area (Å²) in [6, 6.07) is 16.0. The standard InChI is InChI=1S/C20H17ClN2OS2/c21-14-6-8-15(9-7-14)25-12-11-18(24)22-20-23-19-16-4-2-1-3-13(16)5-10-17(19)26-20/h1-4,6-9H,5,10-12H2,(H,22,23,24). The number of nitrogens with zero attached hydrogens (tertiary/aromatic N) is 1. The highest BCUT2D eigenvalue weighted by Crippen LogP contribution is 2.38. The highest BCUT2D eigenvalue weighted by atomic mass is 35.5. The fraction of sp³-hybridized carbons (Fsp3) is 0.200. The molecule has 1 aromatic heterocycles. The number of amides is 1. The average Bonchev–Trinajstić information content (AvgIpc) is 3.06. The Balaban J connectivity index is 1.36. The molecule has 4 rings (SSSR count). The fourth-order valence-corrected chi connectivity index (χ4v) is 4.95. The predicted octanol–water partition coefficient (Wildman–Crippen LogP) is 5.68. The number of fused-ring (bicyclic) bond motifs is 3. The van der Waals surface area contributed by atoms with E-state index in [4.69, 9.17) is 11.6 Å². The van der Waals surface area contributed by atoms with Gasteiger partial charge in [-0.05, 0) is 42.7 Å². The van der Waals surface area contributed by atoms with Crippen LogP contribution in [0.25, 0.3) is 11.3 Å². The zero-order valence-electron chi connectivity index (χ0n) is 14.0. The summed E-state index contributed by atoms with van der Waals surface area (Å²) in [6.07, 6.45) is 2.48. The molecule has 1 aliphatic carbocycles. The third kappa shape index (κ3) is 3.95. The molecule has 0 fully saturated rings. The largest absolute Gasteiger partial charge is 0.302 e. The lowest BCUT2D eigenvalue weighted by atomic mass is 9.94. The lowest BCUT2D eigenvalue weighted by molar-refractivity contribution is -0.115. The van der Waals surface area contributed by atoms with Gasteiger partial charge in [-0.25, -0.2) is 4.98 Å². The molecular weight excluding hydrogens is 384 g/mol. The highest BCUT2D eigenvalue weighted by Gasteiger charge is 2.21. The van der Waals surface area contributed by atoms with E-state index in [0.29, 0.717) is 11.6 Å². The van der Waals surface area contributed by atoms with Crippen molar-refractivity contribution in [2.45, 2.75) is 24.2 Å². The molecule has 0 radical (unpaired) electrons. The lowest BCUT2D eigenvalue weighted by Gasteiger charge is -2.13. The van der Waals surface area contributed by atoms with Gasteiger partial charge < -0.3 is 5.32 Å². The van der Waals surface area contributed by atoms with Crippen LogP contribution < -0.4 is 5.32 Å². The molecule has 2 aromatic carbocycles. The van der Waals surface area contributed by atoms with Crippen LogP contribution in [0, 0.1) is 0 Å². The topological polar surface area (TPSA) is 42.0 Å². The summed E-state index contributed by atoms with van der Waals surface area (Å²) in [4.78, 5) is 19.3. The fourth-order valence-electron chi connectivity index (χ4n) is 2.98. The molecule has 1 amide bonds. The van der Waals surface area contributed by atoms with Crippen molar-refractivity contribution in [1.29, 1.82) is 0 Å². The maximum absolute atomic E-state index is 12.2. The molecule has 1 heterocycles. The molecule has 0 aliphatic heterocycles. The van der Waals surface area contributed by atoms with Gasteiger partial charge in [0, 0.05) is 32.5 Å². The van der Waals surface area contributed by atoms with Gasteiger partial charge in [-0.2, -0.15) is 0 Å². The second kappa shape index (κ2) is 7.82. The van der Waals surface area contributed by atoms with E-state index < -0.39 is 0 Å². The highest BCUT2D eigenvalue weighted by molar-refractivity contribution is 7.99. The number of thiazole rings is 1. The van der Waals surface area contributed by atoms with E-state index in [9.17, 15) is 4.79 Å². The zero-order chi connectivity index (χ0) is 17.9. The average molecular weight is 401 g/mol. The van der Waals surface area contributed by atoms with Crippen LogP contribution in [0.2, 0.25) is 5.02 Å². The van der Waals surface area contributed by atoms with Crippen molar-refractivity contribution in [1.82, 2.24) is 4.98 Å². The third-order valence-electron chi connectivity index (χ3n) is 4.25. The summed E-state index contributed by atoms with van der Waals surface area (Å²) in [7, 11) is 0. The molecule has 1 aliphatic rings. The van der Waals surface area contributed by atoms with Crippen LogP contribution in [0.5, 0.6) is 0 Å². The van der Waals surface area contributed by atoms with Crippen molar-refractivity contribution in [3.8, 4) is 11.3 Å². The summed E-state index contributed by atoms with van der Waals surface area (Å²) in [5.41, 5.74) is 3.56. The minimum absolute atomic E-state index is 0.00541. The number of benzene rings is 2. The van der Waals surface area contributed by atoms with Gasteiger partial charge >= 0.3 is 0 Å². The minimum Gasteiger partial charge on any atom is -0.302 e. The van der Waals surface area contributed by atoms with E-state index in [-0.39, 0.29) is 5.91 Å². The summed E-state index contributed by atoms with van der Waals surface area (Å²) < 4.78 is 0. The summed E-state index contributed by atoms with van der Waals surface area (Å²) in [6.45, 7) is 0. The number of anilines is 1. The first-order chi connectivity index (χ1) is 12.7. The number of hydrogen-bond acceptors (Lipinski definition) is 4. The SMILES string of the molecule is O=C(CCSc1ccc(Cl)cc1)Nc1nc2c(s1)CCc1ccccc1-2. The van der Waals surface area contributed by atoms with Gasteiger partial charge in [0.15, 0.2) is 5.13 Å². The lowest BCUT2D eigenvalue weighted by Crippen LogP contribution is -2.11. The van der Waals surface area contributed by atoms with Crippen LogP contribution in [0.4, 0.5) is 5.13 Å². The first-order valence-electron chi connectivity index (χ1n) is 8.45. The van der Waals surface area contributed by atoms with E-state index in [2.05, 4.69) is 28.5 Å². The maximum atomic E-state index is 12.2. The number of thioether (sulfide) groups is 1. The van der Waals surface area contributed by atoms with Gasteiger partial charge in [0.1, 0.15) is 0 Å². The number of carbonyl (C=O) groups is 1. The number of rotatable bonds is 5. The number of halogens is 1. The van der Waals surface area contributed by atoms with Gasteiger partial charge in [-0.3, -0.25) is 4.79 Å². The summed E-state index contributed by atoms with van der Waals surface area (Å²) in [5, 5.41) is 4.38. The molecule has 26 heavy (non-hydrogen) atoms. The molecule has 0 bridgehead atoms. The second-order valence-corrected chi connectivity index (χ2v) is 8.74. The van der Waals surface area contributed by atoms with Crippen molar-refractivity contribution in [3.05, 3.63) is 64.0 Å². The van der Waals surface area contributed by atoms with Gasteiger partial charge in [0.2, 0.25) is 5.91 Å². The predicted molar refractivity (Wildman–Crippen MR) is 110 cm³/mol. The van der Waals surface area contributed by atoms with Gasteiger partial charge in [0.25, 0.3) is 0 Å². The minimum atomic E-state index is 0.00541. The first kappa shape index (κ1) is 17.6. The Morgan fingerprint density at radius 1 is 1.15 bits per heavy atom. The quantitative estimate of drug-likeness (QED) is 0.560. The normalized spacial score (nSPS) is 12.3.